The van der Waals surface area contributed by atoms with E-state index in [0.29, 0.717) is 31.7 Å². The molecule has 2 heterocycles. The van der Waals surface area contributed by atoms with Gasteiger partial charge < -0.3 is 9.80 Å². The molecule has 3 rings (SSSR count). The summed E-state index contributed by atoms with van der Waals surface area (Å²) in [6, 6.07) is 5.22. The van der Waals surface area contributed by atoms with Crippen molar-refractivity contribution in [2.75, 3.05) is 37.3 Å². The zero-order valence-electron chi connectivity index (χ0n) is 12.9. The van der Waals surface area contributed by atoms with Gasteiger partial charge in [-0.05, 0) is 12.1 Å². The molecule has 1 aliphatic rings. The van der Waals surface area contributed by atoms with Gasteiger partial charge in [0.15, 0.2) is 15.0 Å². The van der Waals surface area contributed by atoms with E-state index in [1.54, 1.807) is 19.1 Å². The van der Waals surface area contributed by atoms with Crippen molar-refractivity contribution in [3.63, 3.8) is 0 Å². The second kappa shape index (κ2) is 6.62. The standard InChI is InChI=1S/C14H17N3O3S2.ClH/c1-10(18)16-6-8-17(9-7-16)14-15-13-11(21-14)4-3-5-12(13)22(2,19)20;/h3-5H,6-9H2,1-2H3;1H. The van der Waals surface area contributed by atoms with Crippen LogP contribution in [0.3, 0.4) is 0 Å². The molecule has 1 aromatic heterocycles. The average Bonchev–Trinajstić information content (AvgIpc) is 2.90. The summed E-state index contributed by atoms with van der Waals surface area (Å²) in [4.78, 5) is 20.1. The number of carbonyl (C=O) groups excluding carboxylic acids is 1. The maximum atomic E-state index is 11.9. The van der Waals surface area contributed by atoms with Gasteiger partial charge in [-0.1, -0.05) is 17.4 Å². The van der Waals surface area contributed by atoms with E-state index in [2.05, 4.69) is 9.88 Å². The van der Waals surface area contributed by atoms with Crippen LogP contribution in [-0.2, 0) is 14.6 Å². The summed E-state index contributed by atoms with van der Waals surface area (Å²) < 4.78 is 24.6. The summed E-state index contributed by atoms with van der Waals surface area (Å²) in [5.74, 6) is 0.0864. The summed E-state index contributed by atoms with van der Waals surface area (Å²) >= 11 is 1.49. The number of sulfone groups is 1. The summed E-state index contributed by atoms with van der Waals surface area (Å²) in [6.07, 6.45) is 1.20. The second-order valence-electron chi connectivity index (χ2n) is 5.36. The zero-order chi connectivity index (χ0) is 15.9. The van der Waals surface area contributed by atoms with Gasteiger partial charge in [0.1, 0.15) is 5.52 Å². The number of fused-ring (bicyclic) bond motifs is 1. The molecule has 2 aromatic rings. The highest BCUT2D eigenvalue weighted by atomic mass is 35.5. The Hall–Kier alpha value is -1.38. The number of anilines is 1. The number of para-hydroxylation sites is 1. The minimum atomic E-state index is -3.29. The van der Waals surface area contributed by atoms with Crippen molar-refractivity contribution in [1.29, 1.82) is 0 Å². The number of hydrogen-bond donors (Lipinski definition) is 0. The van der Waals surface area contributed by atoms with Crippen LogP contribution in [0.4, 0.5) is 5.13 Å². The van der Waals surface area contributed by atoms with Gasteiger partial charge in [0.2, 0.25) is 5.91 Å². The van der Waals surface area contributed by atoms with Gasteiger partial charge in [0, 0.05) is 39.4 Å². The molecular weight excluding hydrogens is 358 g/mol. The third kappa shape index (κ3) is 3.59. The lowest BCUT2D eigenvalue weighted by molar-refractivity contribution is -0.129. The van der Waals surface area contributed by atoms with E-state index in [1.807, 2.05) is 11.0 Å². The van der Waals surface area contributed by atoms with Gasteiger partial charge in [0.25, 0.3) is 0 Å². The zero-order valence-corrected chi connectivity index (χ0v) is 15.3. The van der Waals surface area contributed by atoms with Crippen LogP contribution in [0.5, 0.6) is 0 Å². The molecule has 1 aliphatic heterocycles. The highest BCUT2D eigenvalue weighted by molar-refractivity contribution is 7.91. The van der Waals surface area contributed by atoms with E-state index in [0.717, 1.165) is 9.83 Å². The van der Waals surface area contributed by atoms with Gasteiger partial charge in [-0.25, -0.2) is 13.4 Å². The number of thiazole rings is 1. The van der Waals surface area contributed by atoms with Crippen LogP contribution in [0.15, 0.2) is 23.1 Å². The Balaban J connectivity index is 0.00000192. The molecule has 0 radical (unpaired) electrons. The van der Waals surface area contributed by atoms with Crippen molar-refractivity contribution in [1.82, 2.24) is 9.88 Å². The Morgan fingerprint density at radius 2 is 1.87 bits per heavy atom. The first-order valence-electron chi connectivity index (χ1n) is 6.96. The summed E-state index contributed by atoms with van der Waals surface area (Å²) in [5.41, 5.74) is 0.541. The smallest absolute Gasteiger partial charge is 0.219 e. The van der Waals surface area contributed by atoms with Gasteiger partial charge in [0.05, 0.1) is 9.60 Å². The van der Waals surface area contributed by atoms with Crippen molar-refractivity contribution < 1.29 is 13.2 Å². The first-order chi connectivity index (χ1) is 10.4. The maximum absolute atomic E-state index is 11.9. The number of nitrogens with zero attached hydrogens (tertiary/aromatic N) is 3. The van der Waals surface area contributed by atoms with Crippen molar-refractivity contribution in [3.05, 3.63) is 18.2 Å². The third-order valence-corrected chi connectivity index (χ3v) is 5.98. The number of hydrogen-bond acceptors (Lipinski definition) is 6. The number of aromatic nitrogens is 1. The Labute approximate surface area is 145 Å². The average molecular weight is 376 g/mol. The molecular formula is C14H18ClN3O3S2. The molecule has 126 valence electrons. The summed E-state index contributed by atoms with van der Waals surface area (Å²) in [6.45, 7) is 4.35. The minimum Gasteiger partial charge on any atom is -0.345 e. The predicted octanol–water partition coefficient (Wildman–Crippen LogP) is 1.79. The van der Waals surface area contributed by atoms with Gasteiger partial charge in [-0.15, -0.1) is 12.4 Å². The SMILES string of the molecule is CC(=O)N1CCN(c2nc3c(S(C)(=O)=O)cccc3s2)CC1.Cl. The highest BCUT2D eigenvalue weighted by Crippen LogP contribution is 2.32. The number of benzene rings is 1. The van der Waals surface area contributed by atoms with E-state index >= 15 is 0 Å². The Morgan fingerprint density at radius 1 is 1.22 bits per heavy atom. The van der Waals surface area contributed by atoms with E-state index in [4.69, 9.17) is 0 Å². The van der Waals surface area contributed by atoms with Crippen LogP contribution in [-0.4, -0.2) is 56.6 Å². The van der Waals surface area contributed by atoms with Crippen LogP contribution in [0.1, 0.15) is 6.92 Å². The molecule has 0 spiro atoms. The van der Waals surface area contributed by atoms with E-state index in [1.165, 1.54) is 17.6 Å². The van der Waals surface area contributed by atoms with Gasteiger partial charge in [-0.2, -0.15) is 0 Å². The monoisotopic (exact) mass is 375 g/mol. The van der Waals surface area contributed by atoms with E-state index in [-0.39, 0.29) is 23.2 Å². The quantitative estimate of drug-likeness (QED) is 0.800. The number of halogens is 1. The largest absolute Gasteiger partial charge is 0.345 e. The van der Waals surface area contributed by atoms with Gasteiger partial charge in [-0.3, -0.25) is 4.79 Å². The lowest BCUT2D eigenvalue weighted by atomic mass is 10.3. The van der Waals surface area contributed by atoms with Crippen molar-refractivity contribution in [2.45, 2.75) is 11.8 Å². The Morgan fingerprint density at radius 3 is 2.43 bits per heavy atom. The fourth-order valence-electron chi connectivity index (χ4n) is 2.56. The molecule has 0 atom stereocenters. The topological polar surface area (TPSA) is 70.6 Å². The first kappa shape index (κ1) is 18.0. The maximum Gasteiger partial charge on any atom is 0.219 e. The molecule has 0 saturated carbocycles. The number of carbonyl (C=O) groups is 1. The van der Waals surface area contributed by atoms with Crippen LogP contribution in [0, 0.1) is 0 Å². The van der Waals surface area contributed by atoms with Crippen molar-refractivity contribution in [2.24, 2.45) is 0 Å². The Kier molecular flexibility index (Phi) is 5.17. The summed E-state index contributed by atoms with van der Waals surface area (Å²) in [5, 5.41) is 0.814. The molecule has 1 saturated heterocycles. The van der Waals surface area contributed by atoms with Crippen LogP contribution in [0.2, 0.25) is 0 Å². The molecule has 1 aromatic carbocycles. The van der Waals surface area contributed by atoms with Crippen LogP contribution < -0.4 is 4.90 Å². The number of amides is 1. The summed E-state index contributed by atoms with van der Waals surface area (Å²) in [7, 11) is -3.29. The lowest BCUT2D eigenvalue weighted by Gasteiger charge is -2.33. The van der Waals surface area contributed by atoms with Crippen molar-refractivity contribution in [3.8, 4) is 0 Å². The molecule has 9 heteroatoms. The molecule has 0 unspecified atom stereocenters. The molecule has 0 N–H and O–H groups in total. The molecule has 6 nitrogen and oxygen atoms in total. The van der Waals surface area contributed by atoms with Crippen LogP contribution in [0.25, 0.3) is 10.2 Å². The molecule has 0 aliphatic carbocycles. The minimum absolute atomic E-state index is 0. The number of rotatable bonds is 2. The predicted molar refractivity (Wildman–Crippen MR) is 94.4 cm³/mol. The molecule has 0 bridgehead atoms. The lowest BCUT2D eigenvalue weighted by Crippen LogP contribution is -2.48. The highest BCUT2D eigenvalue weighted by Gasteiger charge is 2.22. The number of piperazine rings is 1. The molecule has 1 fully saturated rings. The fraction of sp³-hybridized carbons (Fsp3) is 0.429. The second-order valence-corrected chi connectivity index (χ2v) is 8.36. The normalized spacial score (nSPS) is 15.6. The molecule has 23 heavy (non-hydrogen) atoms. The van der Waals surface area contributed by atoms with Crippen LogP contribution >= 0.6 is 23.7 Å². The molecule has 1 amide bonds. The third-order valence-electron chi connectivity index (χ3n) is 3.77. The Bertz CT molecular complexity index is 827. The van der Waals surface area contributed by atoms with E-state index in [9.17, 15) is 13.2 Å². The van der Waals surface area contributed by atoms with Crippen molar-refractivity contribution >= 4 is 54.8 Å². The van der Waals surface area contributed by atoms with Gasteiger partial charge >= 0.3 is 0 Å². The first-order valence-corrected chi connectivity index (χ1v) is 9.67. The van der Waals surface area contributed by atoms with E-state index < -0.39 is 9.84 Å². The fourth-order valence-corrected chi connectivity index (χ4v) is 4.50.